The largest absolute Gasteiger partial charge is 0.423 e. The third-order valence-electron chi connectivity index (χ3n) is 4.95. The van der Waals surface area contributed by atoms with Crippen molar-refractivity contribution in [2.45, 2.75) is 63.2 Å². The van der Waals surface area contributed by atoms with Gasteiger partial charge in [0.2, 0.25) is 0 Å². The van der Waals surface area contributed by atoms with Gasteiger partial charge in [0.1, 0.15) is 11.8 Å². The molecule has 0 saturated carbocycles. The molecule has 3 saturated heterocycles. The summed E-state index contributed by atoms with van der Waals surface area (Å²) in [7, 11) is -0.606. The summed E-state index contributed by atoms with van der Waals surface area (Å²) < 4.78 is 16.9. The number of rotatable bonds is 4. The van der Waals surface area contributed by atoms with Crippen LogP contribution in [0, 0.1) is 11.8 Å². The first kappa shape index (κ1) is 15.2. The molecule has 21 heavy (non-hydrogen) atoms. The molecule has 3 aliphatic rings. The first-order valence-corrected chi connectivity index (χ1v) is 8.99. The third kappa shape index (κ3) is 2.37. The number of hydrogen-bond acceptors (Lipinski definition) is 5. The Morgan fingerprint density at radius 1 is 1.24 bits per heavy atom. The molecule has 0 aromatic rings. The topological polar surface area (TPSA) is 61.8 Å². The van der Waals surface area contributed by atoms with Crippen molar-refractivity contribution >= 4 is 21.7 Å². The first-order chi connectivity index (χ1) is 9.67. The molecule has 3 aliphatic heterocycles. The highest BCUT2D eigenvalue weighted by Gasteiger charge is 2.73. The second kappa shape index (κ2) is 4.63. The maximum atomic E-state index is 12.0. The van der Waals surface area contributed by atoms with Gasteiger partial charge in [0.25, 0.3) is 0 Å². The van der Waals surface area contributed by atoms with Gasteiger partial charge in [-0.25, -0.2) is 0 Å². The smallest absolute Gasteiger partial charge is 0.320 e. The van der Waals surface area contributed by atoms with Crippen molar-refractivity contribution in [1.29, 1.82) is 0 Å². The van der Waals surface area contributed by atoms with Crippen molar-refractivity contribution in [1.82, 2.24) is 0 Å². The highest BCUT2D eigenvalue weighted by molar-refractivity contribution is 6.31. The van der Waals surface area contributed by atoms with E-state index < -0.39 is 44.7 Å². The summed E-state index contributed by atoms with van der Waals surface area (Å²) in [5.74, 6) is -1.65. The molecule has 0 aliphatic carbocycles. The van der Waals surface area contributed by atoms with Gasteiger partial charge in [-0.15, -0.1) is 0 Å². The van der Waals surface area contributed by atoms with E-state index in [1.165, 1.54) is 0 Å². The molecule has 0 aromatic heterocycles. The molecule has 5 nitrogen and oxygen atoms in total. The van der Waals surface area contributed by atoms with Crippen LogP contribution >= 0.6 is 0 Å². The average Bonchev–Trinajstić information content (AvgIpc) is 2.92. The van der Waals surface area contributed by atoms with Crippen LogP contribution in [0.1, 0.15) is 47.0 Å². The molecule has 0 radical (unpaired) electrons. The van der Waals surface area contributed by atoms with E-state index in [0.717, 1.165) is 12.8 Å². The van der Waals surface area contributed by atoms with Gasteiger partial charge in [0, 0.05) is 6.61 Å². The van der Waals surface area contributed by atoms with Gasteiger partial charge in [-0.2, -0.15) is 0 Å². The van der Waals surface area contributed by atoms with E-state index in [1.807, 2.05) is 6.92 Å². The Hall–Kier alpha value is -0.723. The zero-order chi connectivity index (χ0) is 15.5. The molecule has 118 valence electrons. The van der Waals surface area contributed by atoms with E-state index in [9.17, 15) is 9.59 Å². The van der Waals surface area contributed by atoms with Gasteiger partial charge in [0.05, 0.1) is 11.2 Å². The summed E-state index contributed by atoms with van der Waals surface area (Å²) in [4.78, 5) is 24.0. The summed E-state index contributed by atoms with van der Waals surface area (Å²) in [5, 5.41) is 0.253. The predicted octanol–water partition coefficient (Wildman–Crippen LogP) is 1.33. The van der Waals surface area contributed by atoms with Crippen LogP contribution < -0.4 is 0 Å². The van der Waals surface area contributed by atoms with Crippen LogP contribution in [0.2, 0.25) is 5.04 Å². The van der Waals surface area contributed by atoms with Crippen LogP contribution in [0.15, 0.2) is 0 Å². The molecule has 3 fully saturated rings. The van der Waals surface area contributed by atoms with Gasteiger partial charge in [-0.1, -0.05) is 20.8 Å². The second-order valence-corrected chi connectivity index (χ2v) is 10.9. The first-order valence-electron chi connectivity index (χ1n) is 7.70. The Kier molecular flexibility index (Phi) is 3.35. The number of fused-ring (bicyclic) bond motifs is 5. The Labute approximate surface area is 127 Å². The van der Waals surface area contributed by atoms with Crippen molar-refractivity contribution in [3.63, 3.8) is 0 Å². The van der Waals surface area contributed by atoms with Gasteiger partial charge in [-0.05, 0) is 31.2 Å². The molecule has 3 rings (SSSR count). The molecular weight excluding hydrogens is 288 g/mol. The summed E-state index contributed by atoms with van der Waals surface area (Å²) in [6, 6.07) is 0. The van der Waals surface area contributed by atoms with Crippen LogP contribution in [-0.4, -0.2) is 39.5 Å². The molecule has 0 N–H and O–H groups in total. The minimum absolute atomic E-state index is 0.253. The highest BCUT2D eigenvalue weighted by Crippen LogP contribution is 2.61. The molecule has 2 bridgehead atoms. The fourth-order valence-electron chi connectivity index (χ4n) is 4.04. The van der Waals surface area contributed by atoms with E-state index in [-0.39, 0.29) is 5.04 Å². The van der Waals surface area contributed by atoms with Crippen LogP contribution in [0.4, 0.5) is 0 Å². The SMILES string of the molecule is CC(C)(C)[SiH2]OCCC12CCC(C)(O1)[C@H]1C(=O)OC(=O)[C@H]12. The summed E-state index contributed by atoms with van der Waals surface area (Å²) in [6.45, 7) is 9.08. The molecule has 3 heterocycles. The van der Waals surface area contributed by atoms with Crippen LogP contribution in [-0.2, 0) is 23.5 Å². The second-order valence-electron chi connectivity index (χ2n) is 8.04. The Bertz CT molecular complexity index is 485. The Balaban J connectivity index is 1.70. The fourth-order valence-corrected chi connectivity index (χ4v) is 4.94. The highest BCUT2D eigenvalue weighted by atomic mass is 28.2. The zero-order valence-corrected chi connectivity index (χ0v) is 14.6. The van der Waals surface area contributed by atoms with E-state index in [4.69, 9.17) is 13.9 Å². The standard InChI is InChI=1S/C15H24O5Si/c1-13(2,3)21-18-8-7-15-6-5-14(4,20-15)9-10(15)12(17)19-11(9)16/h9-10H,5-8,21H2,1-4H3/t9-,10+,14?,15?/m1/s1. The normalized spacial score (nSPS) is 42.1. The van der Waals surface area contributed by atoms with Crippen molar-refractivity contribution in [3.8, 4) is 0 Å². The number of ether oxygens (including phenoxy) is 2. The van der Waals surface area contributed by atoms with Crippen LogP contribution in [0.5, 0.6) is 0 Å². The lowest BCUT2D eigenvalue weighted by molar-refractivity contribution is -0.162. The number of cyclic esters (lactones) is 2. The van der Waals surface area contributed by atoms with Crippen LogP contribution in [0.3, 0.4) is 0 Å². The molecule has 0 amide bonds. The molecular formula is C15H24O5Si. The molecule has 0 aromatic carbocycles. The number of carbonyl (C=O) groups excluding carboxylic acids is 2. The van der Waals surface area contributed by atoms with E-state index in [1.54, 1.807) is 0 Å². The fraction of sp³-hybridized carbons (Fsp3) is 0.867. The minimum atomic E-state index is -0.606. The Morgan fingerprint density at radius 2 is 1.90 bits per heavy atom. The van der Waals surface area contributed by atoms with Crippen molar-refractivity contribution in [2.75, 3.05) is 6.61 Å². The lowest BCUT2D eigenvalue weighted by atomic mass is 9.67. The average molecular weight is 312 g/mol. The number of carbonyl (C=O) groups is 2. The molecule has 2 unspecified atom stereocenters. The quantitative estimate of drug-likeness (QED) is 0.339. The van der Waals surface area contributed by atoms with Gasteiger partial charge in [0.15, 0.2) is 9.76 Å². The maximum Gasteiger partial charge on any atom is 0.320 e. The van der Waals surface area contributed by atoms with Crippen molar-refractivity contribution in [2.24, 2.45) is 11.8 Å². The lowest BCUT2D eigenvalue weighted by Gasteiger charge is -2.30. The molecule has 4 atom stereocenters. The summed E-state index contributed by atoms with van der Waals surface area (Å²) in [6.07, 6.45) is 2.30. The number of hydrogen-bond donors (Lipinski definition) is 0. The predicted molar refractivity (Wildman–Crippen MR) is 78.4 cm³/mol. The minimum Gasteiger partial charge on any atom is -0.423 e. The summed E-state index contributed by atoms with van der Waals surface area (Å²) >= 11 is 0. The monoisotopic (exact) mass is 312 g/mol. The van der Waals surface area contributed by atoms with E-state index >= 15 is 0 Å². The van der Waals surface area contributed by atoms with E-state index in [2.05, 4.69) is 20.8 Å². The van der Waals surface area contributed by atoms with Crippen LogP contribution in [0.25, 0.3) is 0 Å². The van der Waals surface area contributed by atoms with Crippen molar-refractivity contribution < 1.29 is 23.5 Å². The van der Waals surface area contributed by atoms with E-state index in [0.29, 0.717) is 13.0 Å². The van der Waals surface area contributed by atoms with Gasteiger partial charge >= 0.3 is 11.9 Å². The molecule has 6 heteroatoms. The van der Waals surface area contributed by atoms with Gasteiger partial charge in [-0.3, -0.25) is 9.59 Å². The zero-order valence-electron chi connectivity index (χ0n) is 13.2. The Morgan fingerprint density at radius 3 is 2.57 bits per heavy atom. The van der Waals surface area contributed by atoms with Gasteiger partial charge < -0.3 is 13.9 Å². The third-order valence-corrected chi connectivity index (χ3v) is 6.31. The molecule has 0 spiro atoms. The number of esters is 2. The summed E-state index contributed by atoms with van der Waals surface area (Å²) in [5.41, 5.74) is -1.08. The van der Waals surface area contributed by atoms with Crippen molar-refractivity contribution in [3.05, 3.63) is 0 Å². The maximum absolute atomic E-state index is 12.0. The lowest BCUT2D eigenvalue weighted by Crippen LogP contribution is -2.42.